The van der Waals surface area contributed by atoms with Gasteiger partial charge < -0.3 is 20.1 Å². The van der Waals surface area contributed by atoms with Crippen LogP contribution in [0.5, 0.6) is 0 Å². The molecule has 156 valence electrons. The van der Waals surface area contributed by atoms with Crippen molar-refractivity contribution in [2.45, 2.75) is 53.1 Å². The van der Waals surface area contributed by atoms with Crippen molar-refractivity contribution in [2.75, 3.05) is 45.8 Å². The zero-order chi connectivity index (χ0) is 18.9. The minimum atomic E-state index is 0. The lowest BCUT2D eigenvalue weighted by Gasteiger charge is -2.37. The van der Waals surface area contributed by atoms with Crippen LogP contribution < -0.4 is 10.6 Å². The lowest BCUT2D eigenvalue weighted by atomic mass is 10.1. The summed E-state index contributed by atoms with van der Waals surface area (Å²) in [7, 11) is 0. The Kier molecular flexibility index (Phi) is 11.2. The van der Waals surface area contributed by atoms with E-state index in [9.17, 15) is 0 Å². The van der Waals surface area contributed by atoms with E-state index >= 15 is 0 Å². The molecule has 0 bridgehead atoms. The summed E-state index contributed by atoms with van der Waals surface area (Å²) < 4.78 is 5.37. The molecule has 0 aliphatic carbocycles. The van der Waals surface area contributed by atoms with E-state index in [0.29, 0.717) is 18.5 Å². The van der Waals surface area contributed by atoms with Crippen LogP contribution >= 0.6 is 24.0 Å². The molecule has 1 saturated heterocycles. The Bertz CT molecular complexity index is 554. The predicted octanol–water partition coefficient (Wildman–Crippen LogP) is 2.50. The third-order valence-corrected chi connectivity index (χ3v) is 4.95. The van der Waals surface area contributed by atoms with E-state index in [0.717, 1.165) is 50.1 Å². The van der Waals surface area contributed by atoms with Gasteiger partial charge in [-0.25, -0.2) is 4.99 Å². The molecule has 2 rings (SSSR count). The lowest BCUT2D eigenvalue weighted by Crippen LogP contribution is -2.53. The monoisotopic (exact) mass is 492 g/mol. The third kappa shape index (κ3) is 7.95. The van der Waals surface area contributed by atoms with Gasteiger partial charge in [0.25, 0.3) is 0 Å². The first-order valence-electron chi connectivity index (χ1n) is 9.97. The molecule has 0 spiro atoms. The molecule has 7 nitrogen and oxygen atoms in total. The molecule has 1 aromatic heterocycles. The molecule has 0 aromatic carbocycles. The van der Waals surface area contributed by atoms with Gasteiger partial charge in [-0.2, -0.15) is 0 Å². The highest BCUT2D eigenvalue weighted by molar-refractivity contribution is 14.0. The summed E-state index contributed by atoms with van der Waals surface area (Å²) >= 11 is 0. The van der Waals surface area contributed by atoms with E-state index in [-0.39, 0.29) is 24.0 Å². The molecule has 1 atom stereocenters. The number of aromatic nitrogens is 1. The molecule has 1 unspecified atom stereocenters. The number of nitrogens with one attached hydrogen (secondary N) is 2. The maximum Gasteiger partial charge on any atom is 0.191 e. The van der Waals surface area contributed by atoms with Crippen LogP contribution in [0.1, 0.15) is 52.0 Å². The first kappa shape index (κ1) is 24.2. The smallest absolute Gasteiger partial charge is 0.191 e. The second-order valence-electron chi connectivity index (χ2n) is 7.27. The summed E-state index contributed by atoms with van der Waals surface area (Å²) in [5.41, 5.74) is 0.980. The first-order valence-corrected chi connectivity index (χ1v) is 9.97. The number of hydrogen-bond donors (Lipinski definition) is 2. The molecule has 1 fully saturated rings. The Morgan fingerprint density at radius 2 is 1.89 bits per heavy atom. The minimum absolute atomic E-state index is 0. The van der Waals surface area contributed by atoms with Crippen LogP contribution in [-0.2, 0) is 6.54 Å². The van der Waals surface area contributed by atoms with Crippen LogP contribution in [0.25, 0.3) is 0 Å². The van der Waals surface area contributed by atoms with Crippen LogP contribution in [0.15, 0.2) is 15.6 Å². The zero-order valence-electron chi connectivity index (χ0n) is 17.5. The molecule has 8 heteroatoms. The fourth-order valence-electron chi connectivity index (χ4n) is 3.07. The summed E-state index contributed by atoms with van der Waals surface area (Å²) in [4.78, 5) is 9.69. The second-order valence-corrected chi connectivity index (χ2v) is 7.27. The van der Waals surface area contributed by atoms with Gasteiger partial charge in [0.1, 0.15) is 6.54 Å². The highest BCUT2D eigenvalue weighted by atomic mass is 127. The van der Waals surface area contributed by atoms with Crippen LogP contribution in [0.3, 0.4) is 0 Å². The molecule has 2 heterocycles. The molecular weight excluding hydrogens is 455 g/mol. The van der Waals surface area contributed by atoms with Gasteiger partial charge in [-0.15, -0.1) is 24.0 Å². The summed E-state index contributed by atoms with van der Waals surface area (Å²) in [5.74, 6) is 2.00. The Labute approximate surface area is 181 Å². The Balaban J connectivity index is 0.00000364. The third-order valence-electron chi connectivity index (χ3n) is 4.95. The van der Waals surface area contributed by atoms with E-state index in [1.807, 2.05) is 6.07 Å². The van der Waals surface area contributed by atoms with Crippen molar-refractivity contribution in [1.29, 1.82) is 0 Å². The quantitative estimate of drug-likeness (QED) is 0.330. The van der Waals surface area contributed by atoms with Crippen LogP contribution in [0.4, 0.5) is 0 Å². The largest absolute Gasteiger partial charge is 0.359 e. The summed E-state index contributed by atoms with van der Waals surface area (Å²) in [6.07, 6.45) is 0. The van der Waals surface area contributed by atoms with Crippen LogP contribution in [0, 0.1) is 0 Å². The number of hydrogen-bond acceptors (Lipinski definition) is 5. The second kappa shape index (κ2) is 12.6. The molecule has 1 aliphatic rings. The highest BCUT2D eigenvalue weighted by Crippen LogP contribution is 2.14. The van der Waals surface area contributed by atoms with Gasteiger partial charge in [-0.1, -0.05) is 25.9 Å². The number of halogens is 1. The number of likely N-dealkylation sites (N-methyl/N-ethyl adjacent to an activating group) is 1. The highest BCUT2D eigenvalue weighted by Gasteiger charge is 2.20. The molecule has 0 saturated carbocycles. The van der Waals surface area contributed by atoms with Crippen molar-refractivity contribution >= 4 is 29.9 Å². The van der Waals surface area contributed by atoms with Gasteiger partial charge >= 0.3 is 0 Å². The summed E-state index contributed by atoms with van der Waals surface area (Å²) in [5, 5.41) is 10.9. The van der Waals surface area contributed by atoms with Gasteiger partial charge in [0, 0.05) is 51.4 Å². The lowest BCUT2D eigenvalue weighted by molar-refractivity contribution is 0.107. The first-order chi connectivity index (χ1) is 12.5. The van der Waals surface area contributed by atoms with Gasteiger partial charge in [-0.3, -0.25) is 4.90 Å². The Morgan fingerprint density at radius 1 is 1.19 bits per heavy atom. The van der Waals surface area contributed by atoms with Crippen molar-refractivity contribution in [3.63, 3.8) is 0 Å². The topological polar surface area (TPSA) is 68.9 Å². The Hall–Kier alpha value is -0.870. The van der Waals surface area contributed by atoms with Crippen molar-refractivity contribution in [1.82, 2.24) is 25.6 Å². The van der Waals surface area contributed by atoms with Gasteiger partial charge in [0.2, 0.25) is 0 Å². The average molecular weight is 492 g/mol. The molecule has 1 aromatic rings. The zero-order valence-corrected chi connectivity index (χ0v) is 19.8. The van der Waals surface area contributed by atoms with Crippen LogP contribution in [-0.4, -0.2) is 72.8 Å². The van der Waals surface area contributed by atoms with Crippen molar-refractivity contribution in [3.8, 4) is 0 Å². The number of nitrogens with zero attached hydrogens (tertiary/aromatic N) is 4. The van der Waals surface area contributed by atoms with E-state index in [4.69, 9.17) is 4.52 Å². The SMILES string of the molecule is CCNC(=NCc1cc(C(C)C)no1)NCC(C)N1CCN(CC)CC1.I. The van der Waals surface area contributed by atoms with Crippen molar-refractivity contribution in [3.05, 3.63) is 17.5 Å². The maximum atomic E-state index is 5.37. The normalized spacial score (nSPS) is 17.6. The van der Waals surface area contributed by atoms with E-state index in [2.05, 4.69) is 65.2 Å². The van der Waals surface area contributed by atoms with Gasteiger partial charge in [-0.05, 0) is 26.3 Å². The molecule has 0 amide bonds. The predicted molar refractivity (Wildman–Crippen MR) is 122 cm³/mol. The molecule has 27 heavy (non-hydrogen) atoms. The maximum absolute atomic E-state index is 5.37. The van der Waals surface area contributed by atoms with Gasteiger partial charge in [0.15, 0.2) is 11.7 Å². The van der Waals surface area contributed by atoms with E-state index in [1.54, 1.807) is 0 Å². The number of aliphatic imine (C=N–C) groups is 1. The average Bonchev–Trinajstić information content (AvgIpc) is 3.13. The van der Waals surface area contributed by atoms with Gasteiger partial charge in [0.05, 0.1) is 5.69 Å². The molecule has 0 radical (unpaired) electrons. The van der Waals surface area contributed by atoms with E-state index < -0.39 is 0 Å². The van der Waals surface area contributed by atoms with Crippen molar-refractivity contribution in [2.24, 2.45) is 4.99 Å². The fourth-order valence-corrected chi connectivity index (χ4v) is 3.07. The number of piperazine rings is 1. The minimum Gasteiger partial charge on any atom is -0.359 e. The van der Waals surface area contributed by atoms with E-state index in [1.165, 1.54) is 13.1 Å². The standard InChI is InChI=1S/C19H36N6O.HI/c1-6-20-19(22-14-17-12-18(15(3)4)23-26-17)21-13-16(5)25-10-8-24(7-2)9-11-25;/h12,15-16H,6-11,13-14H2,1-5H3,(H2,20,21,22);1H. The number of guanidine groups is 1. The summed E-state index contributed by atoms with van der Waals surface area (Å²) in [6, 6.07) is 2.48. The summed E-state index contributed by atoms with van der Waals surface area (Å²) in [6.45, 7) is 18.8. The van der Waals surface area contributed by atoms with Crippen LogP contribution in [0.2, 0.25) is 0 Å². The number of rotatable bonds is 8. The molecular formula is C19H37IN6O. The Morgan fingerprint density at radius 3 is 2.44 bits per heavy atom. The fraction of sp³-hybridized carbons (Fsp3) is 0.789. The van der Waals surface area contributed by atoms with Crippen molar-refractivity contribution < 1.29 is 4.52 Å². The molecule has 1 aliphatic heterocycles. The molecule has 2 N–H and O–H groups in total.